The third kappa shape index (κ3) is 4.47. The lowest BCUT2D eigenvalue weighted by Crippen LogP contribution is -2.50. The van der Waals surface area contributed by atoms with Crippen LogP contribution in [0.25, 0.3) is 0 Å². The number of hydrogen-bond donors (Lipinski definition) is 2. The quantitative estimate of drug-likeness (QED) is 0.767. The van der Waals surface area contributed by atoms with E-state index in [0.717, 1.165) is 49.8 Å². The molecule has 0 bridgehead atoms. The number of amides is 1. The predicted octanol–water partition coefficient (Wildman–Crippen LogP) is 4.69. The molecular weight excluding hydrogens is 366 g/mol. The van der Waals surface area contributed by atoms with E-state index in [2.05, 4.69) is 40.5 Å². The Balaban J connectivity index is 1.38. The summed E-state index contributed by atoms with van der Waals surface area (Å²) in [6.07, 6.45) is 7.34. The molecule has 4 rings (SSSR count). The molecule has 29 heavy (non-hydrogen) atoms. The van der Waals surface area contributed by atoms with Crippen LogP contribution >= 0.6 is 0 Å². The van der Waals surface area contributed by atoms with Crippen molar-refractivity contribution in [1.29, 1.82) is 0 Å². The van der Waals surface area contributed by atoms with Crippen molar-refractivity contribution in [2.45, 2.75) is 69.4 Å². The number of piperidine rings is 1. The number of H-pyrrole nitrogens is 1. The number of aromatic nitrogens is 2. The van der Waals surface area contributed by atoms with Gasteiger partial charge in [-0.15, -0.1) is 0 Å². The summed E-state index contributed by atoms with van der Waals surface area (Å²) < 4.78 is 6.32. The van der Waals surface area contributed by atoms with Crippen molar-refractivity contribution in [2.24, 2.45) is 0 Å². The van der Waals surface area contributed by atoms with E-state index in [1.54, 1.807) is 4.90 Å². The average Bonchev–Trinajstić information content (AvgIpc) is 3.18. The Morgan fingerprint density at radius 3 is 2.62 bits per heavy atom. The molecule has 2 heterocycles. The highest BCUT2D eigenvalue weighted by atomic mass is 16.5. The van der Waals surface area contributed by atoms with Gasteiger partial charge in [-0.25, -0.2) is 4.79 Å². The van der Waals surface area contributed by atoms with Crippen LogP contribution in [-0.4, -0.2) is 51.6 Å². The van der Waals surface area contributed by atoms with E-state index in [1.807, 2.05) is 13.1 Å². The number of likely N-dealkylation sites (tertiary alicyclic amines) is 1. The van der Waals surface area contributed by atoms with E-state index in [4.69, 9.17) is 4.74 Å². The van der Waals surface area contributed by atoms with Crippen molar-refractivity contribution in [3.63, 3.8) is 0 Å². The number of aromatic amines is 1. The summed E-state index contributed by atoms with van der Waals surface area (Å²) in [5.74, 6) is 0.727. The van der Waals surface area contributed by atoms with Gasteiger partial charge in [0.2, 0.25) is 0 Å². The minimum Gasteiger partial charge on any atom is -0.465 e. The van der Waals surface area contributed by atoms with Crippen LogP contribution in [0.5, 0.6) is 0 Å². The van der Waals surface area contributed by atoms with Crippen molar-refractivity contribution in [2.75, 3.05) is 13.2 Å². The lowest BCUT2D eigenvalue weighted by molar-refractivity contribution is -0.0224. The molecule has 1 saturated heterocycles. The van der Waals surface area contributed by atoms with E-state index in [-0.39, 0.29) is 18.1 Å². The van der Waals surface area contributed by atoms with Crippen LogP contribution < -0.4 is 0 Å². The van der Waals surface area contributed by atoms with Gasteiger partial charge < -0.3 is 14.7 Å². The van der Waals surface area contributed by atoms with Gasteiger partial charge >= 0.3 is 6.09 Å². The standard InChI is InChI=1S/C23H31N3O3/c1-16-14-24-25-22(16)20-8-5-13-26(23(27)28)21(20)15-29-19-11-9-18(10-12-19)17-6-3-2-4-7-17/h2-4,6-7,14,18-21H,5,8-13,15H2,1H3,(H,24,25)(H,27,28)/t18-,19+,20-,21-/m0/s1. The van der Waals surface area contributed by atoms with Crippen LogP contribution in [-0.2, 0) is 4.74 Å². The molecule has 0 spiro atoms. The van der Waals surface area contributed by atoms with Crippen molar-refractivity contribution < 1.29 is 14.6 Å². The molecule has 6 nitrogen and oxygen atoms in total. The van der Waals surface area contributed by atoms with E-state index in [0.29, 0.717) is 19.1 Å². The molecule has 156 valence electrons. The molecule has 1 aromatic carbocycles. The maximum Gasteiger partial charge on any atom is 0.407 e. The van der Waals surface area contributed by atoms with E-state index in [9.17, 15) is 9.90 Å². The summed E-state index contributed by atoms with van der Waals surface area (Å²) in [5.41, 5.74) is 3.57. The first-order valence-electron chi connectivity index (χ1n) is 10.8. The second-order valence-electron chi connectivity index (χ2n) is 8.48. The Morgan fingerprint density at radius 2 is 1.97 bits per heavy atom. The fourth-order valence-corrected chi connectivity index (χ4v) is 5.09. The third-order valence-electron chi connectivity index (χ3n) is 6.71. The first-order chi connectivity index (χ1) is 14.1. The Morgan fingerprint density at radius 1 is 1.21 bits per heavy atom. The van der Waals surface area contributed by atoms with Gasteiger partial charge in [-0.3, -0.25) is 5.10 Å². The molecule has 2 aliphatic rings. The van der Waals surface area contributed by atoms with Crippen molar-refractivity contribution >= 4 is 6.09 Å². The second kappa shape index (κ2) is 8.99. The van der Waals surface area contributed by atoms with Crippen LogP contribution in [0.4, 0.5) is 4.79 Å². The fraction of sp³-hybridized carbons (Fsp3) is 0.565. The zero-order chi connectivity index (χ0) is 20.2. The summed E-state index contributed by atoms with van der Waals surface area (Å²) in [6.45, 7) is 3.06. The number of carbonyl (C=O) groups is 1. The van der Waals surface area contributed by atoms with Crippen molar-refractivity contribution in [3.8, 4) is 0 Å². The molecule has 2 aromatic rings. The molecule has 2 fully saturated rings. The van der Waals surface area contributed by atoms with Gasteiger partial charge in [0.25, 0.3) is 0 Å². The lowest BCUT2D eigenvalue weighted by Gasteiger charge is -2.40. The molecule has 1 amide bonds. The molecule has 0 unspecified atom stereocenters. The largest absolute Gasteiger partial charge is 0.465 e. The summed E-state index contributed by atoms with van der Waals surface area (Å²) in [7, 11) is 0. The Hall–Kier alpha value is -2.34. The lowest BCUT2D eigenvalue weighted by atomic mass is 9.82. The first kappa shape index (κ1) is 20.0. The topological polar surface area (TPSA) is 78.5 Å². The molecule has 2 N–H and O–H groups in total. The van der Waals surface area contributed by atoms with E-state index < -0.39 is 6.09 Å². The first-order valence-corrected chi connectivity index (χ1v) is 10.8. The van der Waals surface area contributed by atoms with Crippen LogP contribution in [0, 0.1) is 6.92 Å². The number of carboxylic acid groups (broad SMARTS) is 1. The van der Waals surface area contributed by atoms with Crippen LogP contribution in [0.3, 0.4) is 0 Å². The molecule has 1 aromatic heterocycles. The fourth-order valence-electron chi connectivity index (χ4n) is 5.09. The van der Waals surface area contributed by atoms with E-state index >= 15 is 0 Å². The van der Waals surface area contributed by atoms with Gasteiger partial charge in [-0.05, 0) is 62.5 Å². The number of nitrogens with zero attached hydrogens (tertiary/aromatic N) is 2. The van der Waals surface area contributed by atoms with Gasteiger partial charge in [-0.1, -0.05) is 30.3 Å². The molecule has 1 saturated carbocycles. The van der Waals surface area contributed by atoms with Gasteiger partial charge in [0.1, 0.15) is 0 Å². The Labute approximate surface area is 172 Å². The highest BCUT2D eigenvalue weighted by molar-refractivity contribution is 5.66. The summed E-state index contributed by atoms with van der Waals surface area (Å²) >= 11 is 0. The summed E-state index contributed by atoms with van der Waals surface area (Å²) in [6, 6.07) is 10.6. The monoisotopic (exact) mass is 397 g/mol. The Bertz CT molecular complexity index is 799. The number of aryl methyl sites for hydroxylation is 1. The number of hydrogen-bond acceptors (Lipinski definition) is 3. The third-order valence-corrected chi connectivity index (χ3v) is 6.71. The van der Waals surface area contributed by atoms with Crippen LogP contribution in [0.1, 0.15) is 67.2 Å². The minimum absolute atomic E-state index is 0.114. The van der Waals surface area contributed by atoms with Gasteiger partial charge in [0, 0.05) is 18.2 Å². The predicted molar refractivity (Wildman–Crippen MR) is 111 cm³/mol. The maximum atomic E-state index is 11.9. The summed E-state index contributed by atoms with van der Waals surface area (Å²) in [4.78, 5) is 13.4. The molecular formula is C23H31N3O3. The number of rotatable bonds is 5. The van der Waals surface area contributed by atoms with Crippen LogP contribution in [0.2, 0.25) is 0 Å². The van der Waals surface area contributed by atoms with E-state index in [1.165, 1.54) is 5.56 Å². The minimum atomic E-state index is -0.853. The average molecular weight is 398 g/mol. The highest BCUT2D eigenvalue weighted by Gasteiger charge is 2.37. The van der Waals surface area contributed by atoms with Crippen molar-refractivity contribution in [1.82, 2.24) is 15.1 Å². The summed E-state index contributed by atoms with van der Waals surface area (Å²) in [5, 5.41) is 17.0. The molecule has 1 aliphatic carbocycles. The Kier molecular flexibility index (Phi) is 6.19. The highest BCUT2D eigenvalue weighted by Crippen LogP contribution is 2.36. The van der Waals surface area contributed by atoms with Crippen molar-refractivity contribution in [3.05, 3.63) is 53.3 Å². The normalized spacial score (nSPS) is 27.7. The molecule has 1 aliphatic heterocycles. The molecule has 0 radical (unpaired) electrons. The number of ether oxygens (including phenoxy) is 1. The van der Waals surface area contributed by atoms with Crippen LogP contribution in [0.15, 0.2) is 36.5 Å². The van der Waals surface area contributed by atoms with Gasteiger partial charge in [-0.2, -0.15) is 5.10 Å². The molecule has 6 heteroatoms. The van der Waals surface area contributed by atoms with Gasteiger partial charge in [0.15, 0.2) is 0 Å². The second-order valence-corrected chi connectivity index (χ2v) is 8.48. The maximum absolute atomic E-state index is 11.9. The SMILES string of the molecule is Cc1cn[nH]c1[C@H]1CCCN(C(=O)O)[C@H]1CO[C@H]1CC[C@@H](c2ccccc2)CC1. The number of benzene rings is 1. The smallest absolute Gasteiger partial charge is 0.407 e. The number of nitrogens with one attached hydrogen (secondary N) is 1. The zero-order valence-electron chi connectivity index (χ0n) is 17.1. The zero-order valence-corrected chi connectivity index (χ0v) is 17.1. The van der Waals surface area contributed by atoms with Gasteiger partial charge in [0.05, 0.1) is 24.9 Å². The molecule has 2 atom stereocenters.